The molecule has 0 saturated carbocycles. The van der Waals surface area contributed by atoms with Crippen molar-refractivity contribution in [2.45, 2.75) is 0 Å². The lowest BCUT2D eigenvalue weighted by atomic mass is 10.2. The predicted octanol–water partition coefficient (Wildman–Crippen LogP) is 3.21. The minimum absolute atomic E-state index is 0.0495. The molecule has 0 aliphatic carbocycles. The van der Waals surface area contributed by atoms with E-state index in [2.05, 4.69) is 5.32 Å². The van der Waals surface area contributed by atoms with Crippen molar-refractivity contribution in [3.05, 3.63) is 53.8 Å². The molecule has 0 heterocycles. The van der Waals surface area contributed by atoms with Gasteiger partial charge in [0.15, 0.2) is 0 Å². The molecule has 0 aliphatic heterocycles. The molecule has 0 aromatic heterocycles. The van der Waals surface area contributed by atoms with Gasteiger partial charge in [-0.25, -0.2) is 4.39 Å². The topological polar surface area (TPSA) is 47.3 Å². The largest absolute Gasteiger partial charge is 0.497 e. The number of hydrogen-bond donors (Lipinski definition) is 2. The van der Waals surface area contributed by atoms with Crippen molar-refractivity contribution in [1.82, 2.24) is 0 Å². The molecule has 0 atom stereocenters. The van der Waals surface area contributed by atoms with Gasteiger partial charge in [-0.05, 0) is 42.5 Å². The number of rotatable bonds is 4. The highest BCUT2D eigenvalue weighted by Crippen LogP contribution is 2.21. The second kappa shape index (κ2) is 5.67. The molecule has 3 N–H and O–H groups in total. The SMILES string of the molecule is COc1ccc(Nc2ccc(C(N)=S)c(F)c2)cc1. The van der Waals surface area contributed by atoms with E-state index in [0.29, 0.717) is 5.69 Å². The molecule has 2 aromatic rings. The molecule has 0 fully saturated rings. The third-order valence-electron chi connectivity index (χ3n) is 2.61. The van der Waals surface area contributed by atoms with Crippen LogP contribution in [0.5, 0.6) is 5.75 Å². The number of halogens is 1. The lowest BCUT2D eigenvalue weighted by Crippen LogP contribution is -2.11. The molecule has 2 aromatic carbocycles. The number of nitrogens with two attached hydrogens (primary N) is 1. The van der Waals surface area contributed by atoms with Crippen LogP contribution >= 0.6 is 12.2 Å². The average molecular weight is 276 g/mol. The monoisotopic (exact) mass is 276 g/mol. The van der Waals surface area contributed by atoms with Crippen LogP contribution in [-0.2, 0) is 0 Å². The fraction of sp³-hybridized carbons (Fsp3) is 0.0714. The first kappa shape index (κ1) is 13.3. The number of methoxy groups -OCH3 is 1. The van der Waals surface area contributed by atoms with E-state index in [1.165, 1.54) is 6.07 Å². The zero-order valence-electron chi connectivity index (χ0n) is 10.3. The third-order valence-corrected chi connectivity index (χ3v) is 2.83. The molecule has 0 unspecified atom stereocenters. The molecule has 2 rings (SSSR count). The number of benzene rings is 2. The van der Waals surface area contributed by atoms with Crippen molar-refractivity contribution in [2.75, 3.05) is 12.4 Å². The van der Waals surface area contributed by atoms with Gasteiger partial charge in [-0.15, -0.1) is 0 Å². The molecule has 5 heteroatoms. The van der Waals surface area contributed by atoms with E-state index < -0.39 is 5.82 Å². The highest BCUT2D eigenvalue weighted by Gasteiger charge is 2.06. The summed E-state index contributed by atoms with van der Waals surface area (Å²) in [7, 11) is 1.60. The van der Waals surface area contributed by atoms with E-state index in [4.69, 9.17) is 22.7 Å². The van der Waals surface area contributed by atoms with Crippen molar-refractivity contribution in [3.8, 4) is 5.75 Å². The molecule has 0 saturated heterocycles. The highest BCUT2D eigenvalue weighted by atomic mass is 32.1. The van der Waals surface area contributed by atoms with Gasteiger partial charge in [0.2, 0.25) is 0 Å². The van der Waals surface area contributed by atoms with E-state index in [1.54, 1.807) is 19.2 Å². The molecule has 3 nitrogen and oxygen atoms in total. The van der Waals surface area contributed by atoms with Gasteiger partial charge in [0.25, 0.3) is 0 Å². The summed E-state index contributed by atoms with van der Waals surface area (Å²) in [6, 6.07) is 12.0. The first-order chi connectivity index (χ1) is 9.10. The summed E-state index contributed by atoms with van der Waals surface area (Å²) in [5.74, 6) is 0.326. The minimum Gasteiger partial charge on any atom is -0.497 e. The Labute approximate surface area is 116 Å². The lowest BCUT2D eigenvalue weighted by Gasteiger charge is -2.09. The Morgan fingerprint density at radius 3 is 2.32 bits per heavy atom. The van der Waals surface area contributed by atoms with Crippen LogP contribution in [0.3, 0.4) is 0 Å². The highest BCUT2D eigenvalue weighted by molar-refractivity contribution is 7.80. The maximum absolute atomic E-state index is 13.7. The summed E-state index contributed by atoms with van der Waals surface area (Å²) >= 11 is 4.75. The van der Waals surface area contributed by atoms with Crippen LogP contribution < -0.4 is 15.8 Å². The van der Waals surface area contributed by atoms with E-state index in [9.17, 15) is 4.39 Å². The van der Waals surface area contributed by atoms with Crippen LogP contribution in [0, 0.1) is 5.82 Å². The van der Waals surface area contributed by atoms with Crippen molar-refractivity contribution >= 4 is 28.6 Å². The van der Waals surface area contributed by atoms with E-state index in [0.717, 1.165) is 11.4 Å². The maximum atomic E-state index is 13.7. The maximum Gasteiger partial charge on any atom is 0.135 e. The Morgan fingerprint density at radius 1 is 1.16 bits per heavy atom. The van der Waals surface area contributed by atoms with E-state index in [1.807, 2.05) is 24.3 Å². The number of hydrogen-bond acceptors (Lipinski definition) is 3. The smallest absolute Gasteiger partial charge is 0.135 e. The first-order valence-electron chi connectivity index (χ1n) is 5.60. The van der Waals surface area contributed by atoms with Gasteiger partial charge in [-0.3, -0.25) is 0 Å². The Bertz CT molecular complexity index is 599. The van der Waals surface area contributed by atoms with Crippen LogP contribution in [0.1, 0.15) is 5.56 Å². The Hall–Kier alpha value is -2.14. The predicted molar refractivity (Wildman–Crippen MR) is 78.6 cm³/mol. The van der Waals surface area contributed by atoms with Gasteiger partial charge in [0.1, 0.15) is 16.6 Å². The third kappa shape index (κ3) is 3.20. The van der Waals surface area contributed by atoms with Crippen LogP contribution in [-0.4, -0.2) is 12.1 Å². The van der Waals surface area contributed by atoms with Gasteiger partial charge < -0.3 is 15.8 Å². The van der Waals surface area contributed by atoms with Crippen molar-refractivity contribution in [2.24, 2.45) is 5.73 Å². The minimum atomic E-state index is -0.439. The van der Waals surface area contributed by atoms with Crippen LogP contribution in [0.2, 0.25) is 0 Å². The Kier molecular flexibility index (Phi) is 3.97. The van der Waals surface area contributed by atoms with E-state index in [-0.39, 0.29) is 10.6 Å². The quantitative estimate of drug-likeness (QED) is 0.842. The lowest BCUT2D eigenvalue weighted by molar-refractivity contribution is 0.415. The van der Waals surface area contributed by atoms with Crippen molar-refractivity contribution < 1.29 is 9.13 Å². The number of nitrogens with one attached hydrogen (secondary N) is 1. The fourth-order valence-corrected chi connectivity index (χ4v) is 1.80. The van der Waals surface area contributed by atoms with Gasteiger partial charge in [-0.2, -0.15) is 0 Å². The molecule has 98 valence electrons. The molecular weight excluding hydrogens is 263 g/mol. The van der Waals surface area contributed by atoms with Gasteiger partial charge in [0, 0.05) is 16.9 Å². The standard InChI is InChI=1S/C14H13FN2OS/c1-18-11-5-2-9(3-6-11)17-10-4-7-12(14(16)19)13(15)8-10/h2-8,17H,1H3,(H2,16,19). The Morgan fingerprint density at radius 2 is 1.79 bits per heavy atom. The van der Waals surface area contributed by atoms with Crippen LogP contribution in [0.25, 0.3) is 0 Å². The second-order valence-corrected chi connectivity index (χ2v) is 4.35. The van der Waals surface area contributed by atoms with E-state index >= 15 is 0 Å². The zero-order valence-corrected chi connectivity index (χ0v) is 11.1. The summed E-state index contributed by atoms with van der Waals surface area (Å²) in [6.45, 7) is 0. The molecule has 0 amide bonds. The summed E-state index contributed by atoms with van der Waals surface area (Å²) < 4.78 is 18.8. The first-order valence-corrected chi connectivity index (χ1v) is 6.01. The summed E-state index contributed by atoms with van der Waals surface area (Å²) in [4.78, 5) is 0.0495. The van der Waals surface area contributed by atoms with Gasteiger partial charge in [0.05, 0.1) is 7.11 Å². The number of thiocarbonyl (C=S) groups is 1. The molecular formula is C14H13FN2OS. The van der Waals surface area contributed by atoms with Gasteiger partial charge in [-0.1, -0.05) is 12.2 Å². The number of anilines is 2. The fourth-order valence-electron chi connectivity index (χ4n) is 1.63. The summed E-state index contributed by atoms with van der Waals surface area (Å²) in [6.07, 6.45) is 0. The number of ether oxygens (including phenoxy) is 1. The second-order valence-electron chi connectivity index (χ2n) is 3.91. The molecule has 0 aliphatic rings. The van der Waals surface area contributed by atoms with Crippen LogP contribution in [0.15, 0.2) is 42.5 Å². The summed E-state index contributed by atoms with van der Waals surface area (Å²) in [5.41, 5.74) is 7.12. The molecule has 0 bridgehead atoms. The molecule has 0 spiro atoms. The normalized spacial score (nSPS) is 10.0. The van der Waals surface area contributed by atoms with Crippen molar-refractivity contribution in [1.29, 1.82) is 0 Å². The van der Waals surface area contributed by atoms with Gasteiger partial charge >= 0.3 is 0 Å². The average Bonchev–Trinajstić information content (AvgIpc) is 2.39. The zero-order chi connectivity index (χ0) is 13.8. The summed E-state index contributed by atoms with van der Waals surface area (Å²) in [5, 5.41) is 3.08. The van der Waals surface area contributed by atoms with Crippen LogP contribution in [0.4, 0.5) is 15.8 Å². The Balaban J connectivity index is 2.18. The molecule has 0 radical (unpaired) electrons. The van der Waals surface area contributed by atoms with Crippen molar-refractivity contribution in [3.63, 3.8) is 0 Å². The molecule has 19 heavy (non-hydrogen) atoms.